The van der Waals surface area contributed by atoms with Gasteiger partial charge in [-0.25, -0.2) is 0 Å². The maximum Gasteiger partial charge on any atom is 0.0984 e. The van der Waals surface area contributed by atoms with Gasteiger partial charge in [0.05, 0.1) is 5.84 Å². The average molecular weight is 216 g/mol. The van der Waals surface area contributed by atoms with E-state index in [1.165, 1.54) is 37.7 Å². The molecule has 2 heteroatoms. The largest absolute Gasteiger partial charge is 0.387 e. The summed E-state index contributed by atoms with van der Waals surface area (Å²) < 4.78 is 0. The van der Waals surface area contributed by atoms with E-state index in [0.717, 1.165) is 0 Å². The summed E-state index contributed by atoms with van der Waals surface area (Å²) in [6.07, 6.45) is 6.37. The first-order chi connectivity index (χ1) is 7.79. The van der Waals surface area contributed by atoms with Gasteiger partial charge in [0, 0.05) is 5.92 Å². The zero-order valence-electron chi connectivity index (χ0n) is 9.65. The summed E-state index contributed by atoms with van der Waals surface area (Å²) in [6, 6.07) is 10.3. The molecule has 0 saturated heterocycles. The van der Waals surface area contributed by atoms with E-state index in [0.29, 0.717) is 11.8 Å². The van der Waals surface area contributed by atoms with E-state index in [9.17, 15) is 0 Å². The van der Waals surface area contributed by atoms with Gasteiger partial charge in [0.2, 0.25) is 0 Å². The lowest BCUT2D eigenvalue weighted by molar-refractivity contribution is 0.340. The van der Waals surface area contributed by atoms with Gasteiger partial charge in [-0.2, -0.15) is 0 Å². The van der Waals surface area contributed by atoms with Crippen LogP contribution in [-0.4, -0.2) is 5.84 Å². The summed E-state index contributed by atoms with van der Waals surface area (Å²) >= 11 is 0. The molecule has 16 heavy (non-hydrogen) atoms. The standard InChI is InChI=1S/C14H20N2/c15-14(16)13(11-7-3-1-4-8-11)12-9-5-2-6-10-12/h1,3-4,7-8,12-13H,2,5-6,9-10H2,(H3,15,16)/t13-/m1/s1. The normalized spacial score (nSPS) is 19.2. The summed E-state index contributed by atoms with van der Waals surface area (Å²) in [5, 5.41) is 7.80. The first-order valence-electron chi connectivity index (χ1n) is 6.18. The second kappa shape index (κ2) is 5.15. The Morgan fingerprint density at radius 3 is 2.31 bits per heavy atom. The molecule has 1 fully saturated rings. The molecular weight excluding hydrogens is 196 g/mol. The minimum Gasteiger partial charge on any atom is -0.387 e. The highest BCUT2D eigenvalue weighted by atomic mass is 14.7. The molecule has 0 heterocycles. The summed E-state index contributed by atoms with van der Waals surface area (Å²) in [5.41, 5.74) is 6.99. The second-order valence-corrected chi connectivity index (χ2v) is 4.74. The molecule has 1 saturated carbocycles. The lowest BCUT2D eigenvalue weighted by atomic mass is 9.76. The minimum atomic E-state index is 0.140. The third-order valence-electron chi connectivity index (χ3n) is 3.61. The number of rotatable bonds is 3. The van der Waals surface area contributed by atoms with Crippen LogP contribution in [0.25, 0.3) is 0 Å². The van der Waals surface area contributed by atoms with E-state index < -0.39 is 0 Å². The van der Waals surface area contributed by atoms with Crippen molar-refractivity contribution in [2.75, 3.05) is 0 Å². The molecule has 1 aromatic carbocycles. The van der Waals surface area contributed by atoms with Gasteiger partial charge in [-0.05, 0) is 24.3 Å². The third kappa shape index (κ3) is 2.43. The molecule has 0 unspecified atom stereocenters. The van der Waals surface area contributed by atoms with E-state index in [1.54, 1.807) is 0 Å². The third-order valence-corrected chi connectivity index (χ3v) is 3.61. The number of benzene rings is 1. The summed E-state index contributed by atoms with van der Waals surface area (Å²) in [5.74, 6) is 1.05. The smallest absolute Gasteiger partial charge is 0.0984 e. The van der Waals surface area contributed by atoms with Crippen LogP contribution in [0.4, 0.5) is 0 Å². The van der Waals surface area contributed by atoms with E-state index in [2.05, 4.69) is 12.1 Å². The molecule has 2 rings (SSSR count). The molecule has 0 aromatic heterocycles. The van der Waals surface area contributed by atoms with Crippen LogP contribution < -0.4 is 5.73 Å². The highest BCUT2D eigenvalue weighted by Gasteiger charge is 2.26. The summed E-state index contributed by atoms with van der Waals surface area (Å²) in [7, 11) is 0. The number of hydrogen-bond donors (Lipinski definition) is 2. The monoisotopic (exact) mass is 216 g/mol. The number of hydrogen-bond acceptors (Lipinski definition) is 1. The molecule has 1 aliphatic carbocycles. The molecule has 0 radical (unpaired) electrons. The van der Waals surface area contributed by atoms with Gasteiger partial charge < -0.3 is 5.73 Å². The SMILES string of the molecule is N=C(N)[C@H](c1ccccc1)C1CCCCC1. The van der Waals surface area contributed by atoms with Gasteiger partial charge in [-0.3, -0.25) is 5.41 Å². The topological polar surface area (TPSA) is 49.9 Å². The molecule has 86 valence electrons. The minimum absolute atomic E-state index is 0.140. The Morgan fingerprint density at radius 1 is 1.12 bits per heavy atom. The number of nitrogens with two attached hydrogens (primary N) is 1. The Balaban J connectivity index is 2.20. The predicted molar refractivity (Wildman–Crippen MR) is 67.7 cm³/mol. The van der Waals surface area contributed by atoms with Crippen LogP contribution in [0.3, 0.4) is 0 Å². The predicted octanol–water partition coefficient (Wildman–Crippen LogP) is 3.29. The maximum atomic E-state index is 7.80. The van der Waals surface area contributed by atoms with Crippen molar-refractivity contribution in [3.8, 4) is 0 Å². The molecule has 0 amide bonds. The van der Waals surface area contributed by atoms with E-state index in [-0.39, 0.29) is 5.92 Å². The zero-order valence-corrected chi connectivity index (χ0v) is 9.65. The highest BCUT2D eigenvalue weighted by Crippen LogP contribution is 2.35. The van der Waals surface area contributed by atoms with Gasteiger partial charge in [-0.15, -0.1) is 0 Å². The summed E-state index contributed by atoms with van der Waals surface area (Å²) in [6.45, 7) is 0. The Kier molecular flexibility index (Phi) is 3.60. The van der Waals surface area contributed by atoms with Crippen molar-refractivity contribution in [2.45, 2.75) is 38.0 Å². The Labute approximate surface area is 97.4 Å². The van der Waals surface area contributed by atoms with Crippen molar-refractivity contribution < 1.29 is 0 Å². The van der Waals surface area contributed by atoms with E-state index in [4.69, 9.17) is 11.1 Å². The fraction of sp³-hybridized carbons (Fsp3) is 0.500. The van der Waals surface area contributed by atoms with Crippen LogP contribution in [0, 0.1) is 11.3 Å². The van der Waals surface area contributed by atoms with Crippen LogP contribution in [0.15, 0.2) is 30.3 Å². The van der Waals surface area contributed by atoms with Crippen LogP contribution in [-0.2, 0) is 0 Å². The van der Waals surface area contributed by atoms with Crippen LogP contribution in [0.1, 0.15) is 43.6 Å². The number of nitrogens with one attached hydrogen (secondary N) is 1. The van der Waals surface area contributed by atoms with Crippen molar-refractivity contribution >= 4 is 5.84 Å². The highest BCUT2D eigenvalue weighted by molar-refractivity contribution is 5.84. The Bertz CT molecular complexity index is 339. The number of amidine groups is 1. The first-order valence-corrected chi connectivity index (χ1v) is 6.18. The van der Waals surface area contributed by atoms with Crippen molar-refractivity contribution in [1.29, 1.82) is 5.41 Å². The van der Waals surface area contributed by atoms with Gasteiger partial charge in [0.25, 0.3) is 0 Å². The molecule has 3 N–H and O–H groups in total. The van der Waals surface area contributed by atoms with E-state index in [1.807, 2.05) is 18.2 Å². The van der Waals surface area contributed by atoms with E-state index >= 15 is 0 Å². The first kappa shape index (κ1) is 11.2. The van der Waals surface area contributed by atoms with Crippen molar-refractivity contribution in [3.05, 3.63) is 35.9 Å². The van der Waals surface area contributed by atoms with Crippen molar-refractivity contribution in [3.63, 3.8) is 0 Å². The van der Waals surface area contributed by atoms with Gasteiger partial charge in [0.1, 0.15) is 0 Å². The van der Waals surface area contributed by atoms with Gasteiger partial charge in [-0.1, -0.05) is 49.6 Å². The van der Waals surface area contributed by atoms with Crippen LogP contribution in [0.5, 0.6) is 0 Å². The molecule has 0 aliphatic heterocycles. The fourth-order valence-electron chi connectivity index (χ4n) is 2.83. The molecule has 0 bridgehead atoms. The lowest BCUT2D eigenvalue weighted by Crippen LogP contribution is -2.28. The second-order valence-electron chi connectivity index (χ2n) is 4.74. The molecular formula is C14H20N2. The van der Waals surface area contributed by atoms with Crippen molar-refractivity contribution in [1.82, 2.24) is 0 Å². The fourth-order valence-corrected chi connectivity index (χ4v) is 2.83. The molecule has 1 atom stereocenters. The zero-order chi connectivity index (χ0) is 11.4. The van der Waals surface area contributed by atoms with Crippen molar-refractivity contribution in [2.24, 2.45) is 11.7 Å². The quantitative estimate of drug-likeness (QED) is 0.591. The van der Waals surface area contributed by atoms with Crippen LogP contribution >= 0.6 is 0 Å². The lowest BCUT2D eigenvalue weighted by Gasteiger charge is -2.29. The molecule has 1 aromatic rings. The average Bonchev–Trinajstić information content (AvgIpc) is 2.31. The van der Waals surface area contributed by atoms with Gasteiger partial charge in [0.15, 0.2) is 0 Å². The van der Waals surface area contributed by atoms with Gasteiger partial charge >= 0.3 is 0 Å². The molecule has 1 aliphatic rings. The maximum absolute atomic E-state index is 7.80. The Morgan fingerprint density at radius 2 is 1.75 bits per heavy atom. The Hall–Kier alpha value is -1.31. The van der Waals surface area contributed by atoms with Crippen LogP contribution in [0.2, 0.25) is 0 Å². The molecule has 0 spiro atoms. The summed E-state index contributed by atoms with van der Waals surface area (Å²) in [4.78, 5) is 0. The molecule has 2 nitrogen and oxygen atoms in total.